The minimum absolute atomic E-state index is 0.0316. The Hall–Kier alpha value is -2.44. The number of hydrogen-bond acceptors (Lipinski definition) is 3. The van der Waals surface area contributed by atoms with Gasteiger partial charge in [0, 0.05) is 12.3 Å². The van der Waals surface area contributed by atoms with Crippen LogP contribution in [0.2, 0.25) is 5.31 Å². The van der Waals surface area contributed by atoms with Gasteiger partial charge in [-0.15, -0.1) is 0 Å². The highest BCUT2D eigenvalue weighted by Gasteiger charge is 2.68. The van der Waals surface area contributed by atoms with E-state index >= 15 is 0 Å². The molecule has 0 amide bonds. The fourth-order valence-electron chi connectivity index (χ4n) is 4.74. The molecular formula is C20H24BF2N4+. The molecule has 0 bridgehead atoms. The lowest BCUT2D eigenvalue weighted by molar-refractivity contribution is -0.759. The summed E-state index contributed by atoms with van der Waals surface area (Å²) in [4.78, 5) is 8.57. The Bertz CT molecular complexity index is 903. The average Bonchev–Trinajstić information content (AvgIpc) is 3.12. The summed E-state index contributed by atoms with van der Waals surface area (Å²) in [6.45, 7) is 8.74. The maximum Gasteiger partial charge on any atom is 0.517 e. The fraction of sp³-hybridized carbons (Fsp3) is 0.400. The fourth-order valence-corrected chi connectivity index (χ4v) is 4.74. The third-order valence-electron chi connectivity index (χ3n) is 6.80. The van der Waals surface area contributed by atoms with Gasteiger partial charge in [0.05, 0.1) is 17.7 Å². The van der Waals surface area contributed by atoms with Crippen LogP contribution in [0.1, 0.15) is 40.5 Å². The minimum atomic E-state index is -0.351. The Balaban J connectivity index is 1.92. The second kappa shape index (κ2) is 6.04. The molecular weight excluding hydrogens is 345 g/mol. The molecule has 0 saturated carbocycles. The average molecular weight is 369 g/mol. The molecule has 2 aromatic rings. The third-order valence-corrected chi connectivity index (χ3v) is 6.80. The van der Waals surface area contributed by atoms with Crippen molar-refractivity contribution < 1.29 is 13.3 Å². The maximum absolute atomic E-state index is 14.1. The summed E-state index contributed by atoms with van der Waals surface area (Å²) >= 11 is 0. The van der Waals surface area contributed by atoms with E-state index in [1.807, 2.05) is 18.5 Å². The van der Waals surface area contributed by atoms with Gasteiger partial charge in [0.1, 0.15) is 23.4 Å². The Kier molecular flexibility index (Phi) is 4.02. The molecule has 27 heavy (non-hydrogen) atoms. The summed E-state index contributed by atoms with van der Waals surface area (Å²) in [5, 5.41) is -0.215. The van der Waals surface area contributed by atoms with Gasteiger partial charge in [-0.3, -0.25) is 4.81 Å². The van der Waals surface area contributed by atoms with Crippen LogP contribution in [-0.4, -0.2) is 12.0 Å². The largest absolute Gasteiger partial charge is 0.517 e. The molecule has 0 N–H and O–H groups in total. The van der Waals surface area contributed by atoms with Crippen LogP contribution in [0.3, 0.4) is 0 Å². The molecule has 4 rings (SSSR count). The van der Waals surface area contributed by atoms with E-state index in [4.69, 9.17) is 0 Å². The van der Waals surface area contributed by atoms with Gasteiger partial charge in [-0.05, 0) is 38.0 Å². The lowest BCUT2D eigenvalue weighted by atomic mass is 9.39. The van der Waals surface area contributed by atoms with E-state index in [2.05, 4.69) is 46.9 Å². The van der Waals surface area contributed by atoms with Crippen molar-refractivity contribution in [1.82, 2.24) is 4.98 Å². The van der Waals surface area contributed by atoms with Crippen molar-refractivity contribution in [1.29, 1.82) is 0 Å². The summed E-state index contributed by atoms with van der Waals surface area (Å²) in [7, 11) is 0. The summed E-state index contributed by atoms with van der Waals surface area (Å²) in [6.07, 6.45) is 8.58. The van der Waals surface area contributed by atoms with Crippen molar-refractivity contribution in [2.24, 2.45) is 0 Å². The van der Waals surface area contributed by atoms with Gasteiger partial charge in [0.2, 0.25) is 0 Å². The van der Waals surface area contributed by atoms with E-state index in [0.29, 0.717) is 5.82 Å². The summed E-state index contributed by atoms with van der Waals surface area (Å²) in [5.74, 6) is 1.05. The molecule has 4 nitrogen and oxygen atoms in total. The first-order chi connectivity index (χ1) is 12.9. The van der Waals surface area contributed by atoms with Crippen molar-refractivity contribution in [2.75, 3.05) is 9.62 Å². The highest BCUT2D eigenvalue weighted by molar-refractivity contribution is 6.72. The molecule has 140 valence electrons. The Morgan fingerprint density at radius 3 is 2.33 bits per heavy atom. The van der Waals surface area contributed by atoms with E-state index in [1.165, 1.54) is 18.3 Å². The van der Waals surface area contributed by atoms with Gasteiger partial charge in [0.15, 0.2) is 5.82 Å². The smallest absolute Gasteiger partial charge is 0.331 e. The van der Waals surface area contributed by atoms with Gasteiger partial charge < -0.3 is 4.81 Å². The summed E-state index contributed by atoms with van der Waals surface area (Å²) in [6, 6.07) is 6.47. The van der Waals surface area contributed by atoms with E-state index in [-0.39, 0.29) is 29.5 Å². The van der Waals surface area contributed by atoms with Gasteiger partial charge >= 0.3 is 6.98 Å². The highest BCUT2D eigenvalue weighted by atomic mass is 19.1. The van der Waals surface area contributed by atoms with Crippen molar-refractivity contribution in [3.8, 4) is 0 Å². The van der Waals surface area contributed by atoms with Gasteiger partial charge in [-0.2, -0.15) is 0 Å². The molecule has 0 radical (unpaired) electrons. The molecule has 0 saturated heterocycles. The number of halogens is 2. The Morgan fingerprint density at radius 1 is 1.00 bits per heavy atom. The zero-order chi connectivity index (χ0) is 19.4. The normalized spacial score (nSPS) is 26.4. The molecule has 2 atom stereocenters. The second-order valence-corrected chi connectivity index (χ2v) is 7.79. The molecule has 2 unspecified atom stereocenters. The number of pyridine rings is 2. The summed E-state index contributed by atoms with van der Waals surface area (Å²) in [5.41, 5.74) is -0.301. The Morgan fingerprint density at radius 2 is 1.70 bits per heavy atom. The lowest BCUT2D eigenvalue weighted by Gasteiger charge is -2.51. The van der Waals surface area contributed by atoms with Gasteiger partial charge in [-0.1, -0.05) is 20.8 Å². The third kappa shape index (κ3) is 2.33. The second-order valence-electron chi connectivity index (χ2n) is 7.79. The lowest BCUT2D eigenvalue weighted by Crippen LogP contribution is -2.74. The first-order valence-electron chi connectivity index (χ1n) is 9.44. The highest BCUT2D eigenvalue weighted by Crippen LogP contribution is 2.55. The maximum atomic E-state index is 14.1. The Labute approximate surface area is 159 Å². The molecule has 0 aliphatic carbocycles. The van der Waals surface area contributed by atoms with E-state index in [1.54, 1.807) is 12.3 Å². The van der Waals surface area contributed by atoms with Crippen molar-refractivity contribution >= 4 is 18.6 Å². The molecule has 4 heterocycles. The molecule has 2 aliphatic rings. The van der Waals surface area contributed by atoms with Crippen LogP contribution in [0.15, 0.2) is 49.1 Å². The number of fused-ring (bicyclic) bond motifs is 3. The van der Waals surface area contributed by atoms with Crippen LogP contribution in [0.5, 0.6) is 0 Å². The molecule has 2 aliphatic heterocycles. The van der Waals surface area contributed by atoms with E-state index < -0.39 is 0 Å². The number of rotatable bonds is 3. The molecule has 0 spiro atoms. The first kappa shape index (κ1) is 18.0. The number of anilines is 2. The van der Waals surface area contributed by atoms with E-state index in [0.717, 1.165) is 18.7 Å². The van der Waals surface area contributed by atoms with Crippen LogP contribution < -0.4 is 14.2 Å². The van der Waals surface area contributed by atoms with Crippen molar-refractivity contribution in [3.63, 3.8) is 0 Å². The standard InChI is InChI=1S/C20H24BF2N4/c1-5-19(3)20(4,6-2)25-14-16(23)8-10-18(25)27-12-11-26(21(19)27)17-9-7-15(22)13-24-17/h7-14H,5-6H2,1-4H3/q+1. The number of aromatic nitrogens is 2. The van der Waals surface area contributed by atoms with Crippen LogP contribution in [0.4, 0.5) is 20.4 Å². The zero-order valence-electron chi connectivity index (χ0n) is 16.2. The van der Waals surface area contributed by atoms with Gasteiger partial charge in [-0.25, -0.2) is 18.3 Å². The number of nitrogens with zero attached hydrogens (tertiary/aromatic N) is 4. The monoisotopic (exact) mass is 369 g/mol. The SMILES string of the molecule is CCC1(C)B2N(c3ccc(F)cn3)C=CN2c2ccc(F)c[n+]2C1(C)CC. The molecule has 7 heteroatoms. The minimum Gasteiger partial charge on any atom is -0.331 e. The van der Waals surface area contributed by atoms with Crippen LogP contribution in [-0.2, 0) is 5.54 Å². The van der Waals surface area contributed by atoms with Crippen LogP contribution in [0.25, 0.3) is 0 Å². The number of hydrogen-bond donors (Lipinski definition) is 0. The van der Waals surface area contributed by atoms with Gasteiger partial charge in [0.25, 0.3) is 5.82 Å². The molecule has 2 aromatic heterocycles. The van der Waals surface area contributed by atoms with Crippen molar-refractivity contribution in [2.45, 2.75) is 51.4 Å². The molecule has 0 aromatic carbocycles. The van der Waals surface area contributed by atoms with E-state index in [9.17, 15) is 8.78 Å². The van der Waals surface area contributed by atoms with Crippen molar-refractivity contribution in [3.05, 3.63) is 60.7 Å². The van der Waals surface area contributed by atoms with Crippen LogP contribution in [0, 0.1) is 11.6 Å². The first-order valence-corrected chi connectivity index (χ1v) is 9.44. The summed E-state index contributed by atoms with van der Waals surface area (Å²) < 4.78 is 29.6. The predicted octanol–water partition coefficient (Wildman–Crippen LogP) is 4.24. The predicted molar refractivity (Wildman–Crippen MR) is 103 cm³/mol. The quantitative estimate of drug-likeness (QED) is 0.597. The topological polar surface area (TPSA) is 23.3 Å². The molecule has 0 fully saturated rings. The van der Waals surface area contributed by atoms with Crippen LogP contribution >= 0.6 is 0 Å². The zero-order valence-corrected chi connectivity index (χ0v) is 16.2.